The molecule has 1 amide bonds. The molecule has 3 rings (SSSR count). The van der Waals surface area contributed by atoms with Gasteiger partial charge in [-0.2, -0.15) is 0 Å². The minimum Gasteiger partial charge on any atom is -0.343 e. The monoisotopic (exact) mass is 321 g/mol. The first-order valence-electron chi connectivity index (χ1n) is 6.61. The molecule has 0 aromatic carbocycles. The second-order valence-electron chi connectivity index (χ2n) is 5.10. The number of imidazole rings is 1. The zero-order chi connectivity index (χ0) is 15.0. The van der Waals surface area contributed by atoms with E-state index in [2.05, 4.69) is 19.9 Å². The van der Waals surface area contributed by atoms with Gasteiger partial charge in [-0.1, -0.05) is 18.3 Å². The van der Waals surface area contributed by atoms with Gasteiger partial charge >= 0.3 is 0 Å². The fourth-order valence-electron chi connectivity index (χ4n) is 2.02. The second-order valence-corrected chi connectivity index (χ2v) is 6.72. The Labute approximate surface area is 130 Å². The van der Waals surface area contributed by atoms with Gasteiger partial charge in [-0.3, -0.25) is 9.20 Å². The minimum absolute atomic E-state index is 0.141. The van der Waals surface area contributed by atoms with Crippen molar-refractivity contribution in [1.82, 2.24) is 24.3 Å². The van der Waals surface area contributed by atoms with Crippen molar-refractivity contribution in [1.29, 1.82) is 0 Å². The van der Waals surface area contributed by atoms with Crippen LogP contribution in [0.1, 0.15) is 53.8 Å². The first kappa shape index (κ1) is 14.2. The molecule has 0 aliphatic rings. The zero-order valence-corrected chi connectivity index (χ0v) is 13.5. The Hall–Kier alpha value is -1.80. The topological polar surface area (TPSA) is 72.2 Å². The molecule has 0 aliphatic heterocycles. The van der Waals surface area contributed by atoms with E-state index in [9.17, 15) is 4.79 Å². The van der Waals surface area contributed by atoms with Gasteiger partial charge in [0.25, 0.3) is 5.91 Å². The highest BCUT2D eigenvalue weighted by Gasteiger charge is 2.21. The maximum atomic E-state index is 12.4. The first-order valence-corrected chi connectivity index (χ1v) is 8.26. The van der Waals surface area contributed by atoms with E-state index in [4.69, 9.17) is 0 Å². The van der Waals surface area contributed by atoms with E-state index in [0.717, 1.165) is 27.9 Å². The first-order chi connectivity index (χ1) is 10.1. The van der Waals surface area contributed by atoms with Gasteiger partial charge < -0.3 is 5.32 Å². The lowest BCUT2D eigenvalue weighted by molar-refractivity contribution is 0.0942. The van der Waals surface area contributed by atoms with E-state index in [-0.39, 0.29) is 17.9 Å². The van der Waals surface area contributed by atoms with E-state index < -0.39 is 0 Å². The van der Waals surface area contributed by atoms with Crippen LogP contribution in [0, 0.1) is 0 Å². The van der Waals surface area contributed by atoms with Crippen LogP contribution in [0.2, 0.25) is 0 Å². The van der Waals surface area contributed by atoms with Gasteiger partial charge in [0, 0.05) is 17.8 Å². The van der Waals surface area contributed by atoms with Crippen LogP contribution in [0.3, 0.4) is 0 Å². The SMILES string of the molecule is CC(C)c1nnsc1C(=O)N[C@H](C)c1cn2ccsc2n1. The molecular weight excluding hydrogens is 306 g/mol. The number of nitrogens with one attached hydrogen (secondary N) is 1. The summed E-state index contributed by atoms with van der Waals surface area (Å²) >= 11 is 2.70. The predicted molar refractivity (Wildman–Crippen MR) is 82.9 cm³/mol. The van der Waals surface area contributed by atoms with Crippen molar-refractivity contribution in [2.75, 3.05) is 0 Å². The Kier molecular flexibility index (Phi) is 3.73. The Morgan fingerprint density at radius 3 is 2.90 bits per heavy atom. The van der Waals surface area contributed by atoms with Crippen LogP contribution in [-0.4, -0.2) is 24.9 Å². The molecule has 0 saturated carbocycles. The average molecular weight is 321 g/mol. The van der Waals surface area contributed by atoms with Gasteiger partial charge in [0.15, 0.2) is 4.96 Å². The maximum Gasteiger partial charge on any atom is 0.265 e. The van der Waals surface area contributed by atoms with Crippen LogP contribution in [-0.2, 0) is 0 Å². The van der Waals surface area contributed by atoms with Gasteiger partial charge in [0.05, 0.1) is 17.4 Å². The molecule has 3 aromatic heterocycles. The third kappa shape index (κ3) is 2.68. The molecular formula is C13H15N5OS2. The molecule has 0 unspecified atom stereocenters. The minimum atomic E-state index is -0.160. The molecule has 0 bridgehead atoms. The van der Waals surface area contributed by atoms with Gasteiger partial charge in [-0.25, -0.2) is 4.98 Å². The van der Waals surface area contributed by atoms with Gasteiger partial charge in [0.2, 0.25) is 0 Å². The van der Waals surface area contributed by atoms with Crippen LogP contribution in [0.25, 0.3) is 4.96 Å². The Balaban J connectivity index is 1.77. The second kappa shape index (κ2) is 5.53. The summed E-state index contributed by atoms with van der Waals surface area (Å²) in [5.74, 6) is 0.0373. The van der Waals surface area contributed by atoms with Crippen LogP contribution >= 0.6 is 22.9 Å². The molecule has 0 radical (unpaired) electrons. The van der Waals surface area contributed by atoms with Crippen LogP contribution in [0.15, 0.2) is 17.8 Å². The summed E-state index contributed by atoms with van der Waals surface area (Å²) in [5, 5.41) is 8.98. The smallest absolute Gasteiger partial charge is 0.265 e. The largest absolute Gasteiger partial charge is 0.343 e. The number of hydrogen-bond acceptors (Lipinski definition) is 6. The fourth-order valence-corrected chi connectivity index (χ4v) is 3.45. The highest BCUT2D eigenvalue weighted by molar-refractivity contribution is 7.15. The molecule has 6 nitrogen and oxygen atoms in total. The third-order valence-corrected chi connectivity index (χ3v) is 4.68. The Bertz CT molecular complexity index is 744. The number of fused-ring (bicyclic) bond motifs is 1. The predicted octanol–water partition coefficient (Wildman–Crippen LogP) is 2.86. The van der Waals surface area contributed by atoms with Gasteiger partial charge in [0.1, 0.15) is 4.88 Å². The summed E-state index contributed by atoms with van der Waals surface area (Å²) in [6, 6.07) is -0.160. The van der Waals surface area contributed by atoms with Crippen molar-refractivity contribution >= 4 is 33.7 Å². The number of aromatic nitrogens is 4. The van der Waals surface area contributed by atoms with Crippen LogP contribution in [0.5, 0.6) is 0 Å². The summed E-state index contributed by atoms with van der Waals surface area (Å²) in [6.07, 6.45) is 3.89. The molecule has 8 heteroatoms. The van der Waals surface area contributed by atoms with Crippen LogP contribution < -0.4 is 5.32 Å². The molecule has 3 aromatic rings. The van der Waals surface area contributed by atoms with Crippen molar-refractivity contribution in [3.63, 3.8) is 0 Å². The van der Waals surface area contributed by atoms with Gasteiger partial charge in [-0.15, -0.1) is 16.4 Å². The van der Waals surface area contributed by atoms with Crippen molar-refractivity contribution in [2.24, 2.45) is 0 Å². The number of carbonyl (C=O) groups excluding carboxylic acids is 1. The number of nitrogens with zero attached hydrogens (tertiary/aromatic N) is 4. The lowest BCUT2D eigenvalue weighted by Gasteiger charge is -2.11. The Morgan fingerprint density at radius 2 is 2.19 bits per heavy atom. The summed E-state index contributed by atoms with van der Waals surface area (Å²) in [6.45, 7) is 5.93. The maximum absolute atomic E-state index is 12.4. The van der Waals surface area contributed by atoms with E-state index in [0.29, 0.717) is 4.88 Å². The van der Waals surface area contributed by atoms with Crippen molar-refractivity contribution in [3.05, 3.63) is 34.0 Å². The average Bonchev–Trinajstić information content (AvgIpc) is 3.13. The number of hydrogen-bond donors (Lipinski definition) is 1. The van der Waals surface area contributed by atoms with Gasteiger partial charge in [-0.05, 0) is 24.4 Å². The van der Waals surface area contributed by atoms with E-state index in [1.54, 1.807) is 11.3 Å². The summed E-state index contributed by atoms with van der Waals surface area (Å²) in [7, 11) is 0. The number of rotatable bonds is 4. The van der Waals surface area contributed by atoms with Crippen molar-refractivity contribution < 1.29 is 4.79 Å². The molecule has 110 valence electrons. The fraction of sp³-hybridized carbons (Fsp3) is 0.385. The molecule has 0 fully saturated rings. The number of carbonyl (C=O) groups is 1. The van der Waals surface area contributed by atoms with E-state index >= 15 is 0 Å². The molecule has 0 spiro atoms. The lowest BCUT2D eigenvalue weighted by Crippen LogP contribution is -2.27. The zero-order valence-electron chi connectivity index (χ0n) is 11.9. The van der Waals surface area contributed by atoms with Crippen LogP contribution in [0.4, 0.5) is 0 Å². The molecule has 1 N–H and O–H groups in total. The third-order valence-electron chi connectivity index (χ3n) is 3.17. The molecule has 1 atom stereocenters. The molecule has 21 heavy (non-hydrogen) atoms. The van der Waals surface area contributed by atoms with Crippen molar-refractivity contribution in [3.8, 4) is 0 Å². The number of amides is 1. The molecule has 3 heterocycles. The summed E-state index contributed by atoms with van der Waals surface area (Å²) in [4.78, 5) is 18.4. The highest BCUT2D eigenvalue weighted by atomic mass is 32.1. The molecule has 0 saturated heterocycles. The Morgan fingerprint density at radius 1 is 1.38 bits per heavy atom. The highest BCUT2D eigenvalue weighted by Crippen LogP contribution is 2.21. The van der Waals surface area contributed by atoms with Crippen molar-refractivity contribution in [2.45, 2.75) is 32.7 Å². The molecule has 0 aliphatic carbocycles. The summed E-state index contributed by atoms with van der Waals surface area (Å²) < 4.78 is 5.84. The summed E-state index contributed by atoms with van der Waals surface area (Å²) in [5.41, 5.74) is 1.59. The normalized spacial score (nSPS) is 13.0. The van der Waals surface area contributed by atoms with E-state index in [1.807, 2.05) is 42.9 Å². The standard InChI is InChI=1S/C13H15N5OS2/c1-7(2)10-11(21-17-16-10)12(19)14-8(3)9-6-18-4-5-20-13(18)15-9/h4-8H,1-3H3,(H,14,19)/t8-/m1/s1. The number of thiazole rings is 1. The lowest BCUT2D eigenvalue weighted by atomic mass is 10.1. The quantitative estimate of drug-likeness (QED) is 0.802. The van der Waals surface area contributed by atoms with E-state index in [1.165, 1.54) is 0 Å².